The normalized spacial score (nSPS) is 17.3. The average molecular weight is 425 g/mol. The molecule has 1 fully saturated rings. The first-order valence-corrected chi connectivity index (χ1v) is 10.9. The SMILES string of the molecule is CC1CCCN(CCCOc2ccc(-c3cc[n+]([O-])cc3)cc2)C1.O=S(=O)(O)O. The van der Waals surface area contributed by atoms with Gasteiger partial charge in [-0.05, 0) is 55.0 Å². The largest absolute Gasteiger partial charge is 0.619 e. The van der Waals surface area contributed by atoms with Crippen LogP contribution in [-0.2, 0) is 10.4 Å². The third-order valence-electron chi connectivity index (χ3n) is 4.62. The molecule has 0 radical (unpaired) electrons. The van der Waals surface area contributed by atoms with Crippen molar-refractivity contribution in [1.82, 2.24) is 4.90 Å². The number of hydrogen-bond acceptors (Lipinski definition) is 5. The lowest BCUT2D eigenvalue weighted by Gasteiger charge is -2.30. The Hall–Kier alpha value is -2.20. The van der Waals surface area contributed by atoms with E-state index < -0.39 is 10.4 Å². The van der Waals surface area contributed by atoms with E-state index in [4.69, 9.17) is 22.3 Å². The molecule has 0 saturated carbocycles. The van der Waals surface area contributed by atoms with Crippen molar-refractivity contribution in [2.45, 2.75) is 26.2 Å². The number of nitrogens with zero attached hydrogens (tertiary/aromatic N) is 2. The molecule has 8 nitrogen and oxygen atoms in total. The molecule has 0 amide bonds. The lowest BCUT2D eigenvalue weighted by molar-refractivity contribution is -0.605. The van der Waals surface area contributed by atoms with Crippen LogP contribution in [0.5, 0.6) is 5.75 Å². The van der Waals surface area contributed by atoms with Gasteiger partial charge in [-0.2, -0.15) is 13.1 Å². The van der Waals surface area contributed by atoms with Gasteiger partial charge in [-0.25, -0.2) is 0 Å². The van der Waals surface area contributed by atoms with Crippen LogP contribution in [0.15, 0.2) is 48.8 Å². The molecule has 3 rings (SSSR count). The van der Waals surface area contributed by atoms with Crippen molar-refractivity contribution in [3.63, 3.8) is 0 Å². The Morgan fingerprint density at radius 2 is 1.72 bits per heavy atom. The fourth-order valence-electron chi connectivity index (χ4n) is 3.32. The molecule has 0 bridgehead atoms. The summed E-state index contributed by atoms with van der Waals surface area (Å²) in [6, 6.07) is 11.7. The van der Waals surface area contributed by atoms with Gasteiger partial charge in [0.2, 0.25) is 0 Å². The van der Waals surface area contributed by atoms with Crippen molar-refractivity contribution in [2.75, 3.05) is 26.2 Å². The summed E-state index contributed by atoms with van der Waals surface area (Å²) in [6.07, 6.45) is 6.80. The van der Waals surface area contributed by atoms with Crippen molar-refractivity contribution >= 4 is 10.4 Å². The van der Waals surface area contributed by atoms with Crippen molar-refractivity contribution < 1.29 is 27.0 Å². The Morgan fingerprint density at radius 1 is 1.14 bits per heavy atom. The van der Waals surface area contributed by atoms with Gasteiger partial charge >= 0.3 is 10.4 Å². The summed E-state index contributed by atoms with van der Waals surface area (Å²) in [4.78, 5) is 2.55. The zero-order chi connectivity index (χ0) is 21.3. The molecule has 29 heavy (non-hydrogen) atoms. The Morgan fingerprint density at radius 3 is 2.31 bits per heavy atom. The van der Waals surface area contributed by atoms with Crippen molar-refractivity contribution in [3.8, 4) is 16.9 Å². The maximum atomic E-state index is 11.1. The summed E-state index contributed by atoms with van der Waals surface area (Å²) in [5.74, 6) is 1.74. The molecule has 1 unspecified atom stereocenters. The molecular weight excluding hydrogens is 396 g/mol. The summed E-state index contributed by atoms with van der Waals surface area (Å²) >= 11 is 0. The topological polar surface area (TPSA) is 114 Å². The van der Waals surface area contributed by atoms with Crippen LogP contribution >= 0.6 is 0 Å². The molecule has 160 valence electrons. The minimum atomic E-state index is -4.67. The summed E-state index contributed by atoms with van der Waals surface area (Å²) in [7, 11) is -4.67. The van der Waals surface area contributed by atoms with Crippen molar-refractivity contribution in [1.29, 1.82) is 0 Å². The second kappa shape index (κ2) is 11.1. The second-order valence-corrected chi connectivity index (χ2v) is 8.06. The van der Waals surface area contributed by atoms with Gasteiger partial charge < -0.3 is 14.8 Å². The molecule has 1 aromatic heterocycles. The highest BCUT2D eigenvalue weighted by atomic mass is 32.3. The fourth-order valence-corrected chi connectivity index (χ4v) is 3.32. The number of rotatable bonds is 6. The van der Waals surface area contributed by atoms with Crippen molar-refractivity contribution in [3.05, 3.63) is 54.0 Å². The molecule has 0 aliphatic carbocycles. The Balaban J connectivity index is 0.000000537. The predicted molar refractivity (Wildman–Crippen MR) is 110 cm³/mol. The number of likely N-dealkylation sites (tertiary alicyclic amines) is 1. The molecule has 2 aromatic rings. The Kier molecular flexibility index (Phi) is 8.84. The van der Waals surface area contributed by atoms with Crippen LogP contribution in [-0.4, -0.2) is 48.7 Å². The van der Waals surface area contributed by atoms with Gasteiger partial charge in [0.15, 0.2) is 12.4 Å². The molecule has 1 saturated heterocycles. The number of pyridine rings is 1. The number of aromatic nitrogens is 1. The third kappa shape index (κ3) is 9.71. The van der Waals surface area contributed by atoms with E-state index in [0.29, 0.717) is 0 Å². The van der Waals surface area contributed by atoms with Crippen LogP contribution in [0.1, 0.15) is 26.2 Å². The summed E-state index contributed by atoms with van der Waals surface area (Å²) in [5.41, 5.74) is 2.12. The van der Waals surface area contributed by atoms with Gasteiger partial charge in [-0.15, -0.1) is 0 Å². The van der Waals surface area contributed by atoms with Crippen LogP contribution in [0.2, 0.25) is 0 Å². The molecule has 9 heteroatoms. The van der Waals surface area contributed by atoms with E-state index in [-0.39, 0.29) is 0 Å². The standard InChI is InChI=1S/C20H26N2O2.H2O4S/c1-17-4-2-11-21(16-17)12-3-15-24-20-7-5-18(6-8-20)19-9-13-22(23)14-10-19;1-5(2,3)4/h5-10,13-14,17H,2-4,11-12,15-16H2,1H3;(H2,1,2,3,4). The summed E-state index contributed by atoms with van der Waals surface area (Å²) in [5, 5.41) is 11.1. The fraction of sp³-hybridized carbons (Fsp3) is 0.450. The average Bonchev–Trinajstić information content (AvgIpc) is 2.65. The smallest absolute Gasteiger partial charge is 0.394 e. The molecule has 1 atom stereocenters. The first kappa shape index (κ1) is 23.1. The molecule has 1 aliphatic rings. The van der Waals surface area contributed by atoms with E-state index >= 15 is 0 Å². The highest BCUT2D eigenvalue weighted by molar-refractivity contribution is 7.79. The minimum absolute atomic E-state index is 0.756. The lowest BCUT2D eigenvalue weighted by atomic mass is 10.0. The maximum absolute atomic E-state index is 11.1. The molecular formula is C20H28N2O6S. The number of piperidine rings is 1. The molecule has 2 N–H and O–H groups in total. The van der Waals surface area contributed by atoms with Crippen LogP contribution < -0.4 is 9.47 Å². The quantitative estimate of drug-likeness (QED) is 0.317. The molecule has 2 heterocycles. The van der Waals surface area contributed by atoms with Crippen LogP contribution in [0.3, 0.4) is 0 Å². The van der Waals surface area contributed by atoms with E-state index in [1.54, 1.807) is 0 Å². The zero-order valence-corrected chi connectivity index (χ0v) is 17.3. The van der Waals surface area contributed by atoms with Crippen LogP contribution in [0.25, 0.3) is 11.1 Å². The zero-order valence-electron chi connectivity index (χ0n) is 16.5. The van der Waals surface area contributed by atoms with Crippen molar-refractivity contribution in [2.24, 2.45) is 5.92 Å². The number of benzene rings is 1. The van der Waals surface area contributed by atoms with Crippen LogP contribution in [0.4, 0.5) is 0 Å². The van der Waals surface area contributed by atoms with Gasteiger partial charge in [0.05, 0.1) is 6.61 Å². The second-order valence-electron chi connectivity index (χ2n) is 7.17. The van der Waals surface area contributed by atoms with Crippen LogP contribution in [0, 0.1) is 11.1 Å². The molecule has 1 aromatic carbocycles. The first-order valence-electron chi connectivity index (χ1n) is 9.55. The number of hydrogen-bond donors (Lipinski definition) is 2. The lowest BCUT2D eigenvalue weighted by Crippen LogP contribution is -2.35. The Labute approximate surface area is 171 Å². The minimum Gasteiger partial charge on any atom is -0.619 e. The third-order valence-corrected chi connectivity index (χ3v) is 4.62. The summed E-state index contributed by atoms with van der Waals surface area (Å²) < 4.78 is 38.2. The van der Waals surface area contributed by atoms with Gasteiger partial charge in [-0.3, -0.25) is 9.11 Å². The first-order chi connectivity index (χ1) is 13.7. The molecule has 1 aliphatic heterocycles. The maximum Gasteiger partial charge on any atom is 0.394 e. The highest BCUT2D eigenvalue weighted by Gasteiger charge is 2.15. The van der Waals surface area contributed by atoms with E-state index in [0.717, 1.165) is 47.1 Å². The van der Waals surface area contributed by atoms with Gasteiger partial charge in [0.25, 0.3) is 0 Å². The predicted octanol–water partition coefficient (Wildman–Crippen LogP) is 2.83. The van der Waals surface area contributed by atoms with E-state index in [2.05, 4.69) is 11.8 Å². The van der Waals surface area contributed by atoms with Gasteiger partial charge in [-0.1, -0.05) is 19.1 Å². The monoisotopic (exact) mass is 424 g/mol. The van der Waals surface area contributed by atoms with E-state index in [9.17, 15) is 5.21 Å². The molecule has 0 spiro atoms. The Bertz CT molecular complexity index is 832. The van der Waals surface area contributed by atoms with Gasteiger partial charge in [0.1, 0.15) is 5.75 Å². The number of ether oxygens (including phenoxy) is 1. The highest BCUT2D eigenvalue weighted by Crippen LogP contribution is 2.21. The van der Waals surface area contributed by atoms with Gasteiger partial charge in [0, 0.05) is 25.2 Å². The van der Waals surface area contributed by atoms with E-state index in [1.165, 1.54) is 38.3 Å². The van der Waals surface area contributed by atoms with E-state index in [1.807, 2.05) is 36.4 Å². The summed E-state index contributed by atoms with van der Waals surface area (Å²) in [6.45, 7) is 6.69.